The lowest BCUT2D eigenvalue weighted by molar-refractivity contribution is 0.195. The Bertz CT molecular complexity index is 1370. The predicted molar refractivity (Wildman–Crippen MR) is 136 cm³/mol. The molecule has 0 spiro atoms. The average molecular weight is 488 g/mol. The minimum Gasteiger partial charge on any atom is -0.385 e. The van der Waals surface area contributed by atoms with Gasteiger partial charge in [0.15, 0.2) is 0 Å². The lowest BCUT2D eigenvalue weighted by atomic mass is 9.97. The number of benzene rings is 4. The maximum atomic E-state index is 15.2. The van der Waals surface area contributed by atoms with Crippen molar-refractivity contribution in [1.82, 2.24) is 0 Å². The number of aryl methyl sites for hydroxylation is 5. The molecule has 5 heteroatoms. The second kappa shape index (κ2) is 11.9. The highest BCUT2D eigenvalue weighted by Gasteiger charge is 2.13. The second-order valence-corrected chi connectivity index (χ2v) is 9.05. The smallest absolute Gasteiger partial charge is 0.144 e. The summed E-state index contributed by atoms with van der Waals surface area (Å²) in [6.07, 6.45) is 4.35. The quantitative estimate of drug-likeness (QED) is 0.220. The topological polar surface area (TPSA) is 33.0 Å². The fourth-order valence-corrected chi connectivity index (χ4v) is 4.47. The number of halogens is 3. The highest BCUT2D eigenvalue weighted by molar-refractivity contribution is 5.84. The molecule has 0 atom stereocenters. The van der Waals surface area contributed by atoms with Crippen LogP contribution in [0, 0.1) is 28.8 Å². The number of rotatable bonds is 10. The summed E-state index contributed by atoms with van der Waals surface area (Å²) in [7, 11) is 1.72. The number of nitriles is 1. The van der Waals surface area contributed by atoms with Crippen molar-refractivity contribution in [1.29, 1.82) is 5.26 Å². The van der Waals surface area contributed by atoms with E-state index in [1.807, 2.05) is 24.3 Å². The summed E-state index contributed by atoms with van der Waals surface area (Å²) >= 11 is 0. The summed E-state index contributed by atoms with van der Waals surface area (Å²) in [5, 5.41) is 10.2. The van der Waals surface area contributed by atoms with E-state index in [1.165, 1.54) is 17.2 Å². The van der Waals surface area contributed by atoms with Crippen molar-refractivity contribution in [3.8, 4) is 6.07 Å². The standard InChI is InChI=1S/C31H28F3NO/c1-36-16-2-3-21-4-6-22(7-5-21)8-9-23-11-15-27-26(17-23)14-13-25(31(27)34)12-10-24-18-29(32)28(20-35)30(33)19-24/h4-7,11,13-15,17-19H,2-3,8-10,12,16H2,1H3. The molecule has 0 N–H and O–H groups in total. The Labute approximate surface area is 210 Å². The van der Waals surface area contributed by atoms with E-state index >= 15 is 4.39 Å². The van der Waals surface area contributed by atoms with Crippen LogP contribution in [0.2, 0.25) is 0 Å². The summed E-state index contributed by atoms with van der Waals surface area (Å²) in [6.45, 7) is 0.767. The van der Waals surface area contributed by atoms with Gasteiger partial charge in [0.25, 0.3) is 0 Å². The number of methoxy groups -OCH3 is 1. The van der Waals surface area contributed by atoms with Gasteiger partial charge >= 0.3 is 0 Å². The van der Waals surface area contributed by atoms with Crippen molar-refractivity contribution in [3.63, 3.8) is 0 Å². The molecule has 0 aliphatic heterocycles. The maximum Gasteiger partial charge on any atom is 0.144 e. The van der Waals surface area contributed by atoms with E-state index in [4.69, 9.17) is 10.00 Å². The van der Waals surface area contributed by atoms with Gasteiger partial charge in [0.1, 0.15) is 29.1 Å². The van der Waals surface area contributed by atoms with Crippen molar-refractivity contribution >= 4 is 10.8 Å². The van der Waals surface area contributed by atoms with Crippen molar-refractivity contribution in [2.45, 2.75) is 38.5 Å². The number of hydrogen-bond donors (Lipinski definition) is 0. The highest BCUT2D eigenvalue weighted by Crippen LogP contribution is 2.25. The molecule has 0 aromatic heterocycles. The minimum absolute atomic E-state index is 0.269. The van der Waals surface area contributed by atoms with E-state index in [-0.39, 0.29) is 12.2 Å². The zero-order valence-corrected chi connectivity index (χ0v) is 20.3. The molecule has 0 heterocycles. The first-order valence-corrected chi connectivity index (χ1v) is 12.1. The van der Waals surface area contributed by atoms with Gasteiger partial charge in [-0.05, 0) is 83.9 Å². The molecule has 4 aromatic carbocycles. The van der Waals surface area contributed by atoms with Crippen LogP contribution in [-0.2, 0) is 36.8 Å². The van der Waals surface area contributed by atoms with Crippen molar-refractivity contribution in [2.75, 3.05) is 13.7 Å². The summed E-state index contributed by atoms with van der Waals surface area (Å²) in [4.78, 5) is 0. The van der Waals surface area contributed by atoms with Crippen LogP contribution < -0.4 is 0 Å². The van der Waals surface area contributed by atoms with E-state index in [1.54, 1.807) is 13.2 Å². The first-order valence-electron chi connectivity index (χ1n) is 12.1. The lowest BCUT2D eigenvalue weighted by Gasteiger charge is -2.10. The molecule has 0 aliphatic carbocycles. The molecular weight excluding hydrogens is 459 g/mol. The molecular formula is C31H28F3NO. The molecule has 0 radical (unpaired) electrons. The van der Waals surface area contributed by atoms with Gasteiger partial charge in [-0.25, -0.2) is 13.2 Å². The van der Waals surface area contributed by atoms with E-state index in [0.717, 1.165) is 55.4 Å². The summed E-state index contributed by atoms with van der Waals surface area (Å²) in [5.41, 5.74) is 4.00. The van der Waals surface area contributed by atoms with E-state index < -0.39 is 17.2 Å². The van der Waals surface area contributed by atoms with Crippen LogP contribution >= 0.6 is 0 Å². The van der Waals surface area contributed by atoms with Gasteiger partial charge in [-0.2, -0.15) is 5.26 Å². The fraction of sp³-hybridized carbons (Fsp3) is 0.258. The van der Waals surface area contributed by atoms with Crippen LogP contribution in [-0.4, -0.2) is 13.7 Å². The third kappa shape index (κ3) is 6.13. The number of fused-ring (bicyclic) bond motifs is 1. The van der Waals surface area contributed by atoms with Gasteiger partial charge < -0.3 is 4.74 Å². The van der Waals surface area contributed by atoms with E-state index in [2.05, 4.69) is 24.3 Å². The Morgan fingerprint density at radius 2 is 1.31 bits per heavy atom. The molecule has 36 heavy (non-hydrogen) atoms. The predicted octanol–water partition coefficient (Wildman–Crippen LogP) is 7.28. The normalized spacial score (nSPS) is 11.1. The van der Waals surface area contributed by atoms with Gasteiger partial charge in [0, 0.05) is 19.1 Å². The van der Waals surface area contributed by atoms with Crippen LogP contribution in [0.3, 0.4) is 0 Å². The summed E-state index contributed by atoms with van der Waals surface area (Å²) in [5.74, 6) is -2.09. The zero-order valence-electron chi connectivity index (χ0n) is 20.3. The summed E-state index contributed by atoms with van der Waals surface area (Å²) in [6, 6.07) is 21.9. The molecule has 0 amide bonds. The fourth-order valence-electron chi connectivity index (χ4n) is 4.47. The molecule has 184 valence electrons. The molecule has 0 saturated carbocycles. The number of ether oxygens (including phenoxy) is 1. The maximum absolute atomic E-state index is 15.2. The number of hydrogen-bond acceptors (Lipinski definition) is 2. The van der Waals surface area contributed by atoms with E-state index in [0.29, 0.717) is 22.9 Å². The van der Waals surface area contributed by atoms with Crippen LogP contribution in [0.15, 0.2) is 66.7 Å². The van der Waals surface area contributed by atoms with Gasteiger partial charge in [-0.15, -0.1) is 0 Å². The average Bonchev–Trinajstić information content (AvgIpc) is 2.88. The molecule has 0 aliphatic rings. The SMILES string of the molecule is COCCCc1ccc(CCc2ccc3c(F)c(CCc4cc(F)c(C#N)c(F)c4)ccc3c2)cc1. The van der Waals surface area contributed by atoms with Crippen LogP contribution in [0.5, 0.6) is 0 Å². The second-order valence-electron chi connectivity index (χ2n) is 9.05. The van der Waals surface area contributed by atoms with E-state index in [9.17, 15) is 8.78 Å². The van der Waals surface area contributed by atoms with Gasteiger partial charge in [-0.1, -0.05) is 54.6 Å². The Morgan fingerprint density at radius 3 is 1.97 bits per heavy atom. The van der Waals surface area contributed by atoms with Crippen LogP contribution in [0.4, 0.5) is 13.2 Å². The first kappa shape index (κ1) is 25.5. The summed E-state index contributed by atoms with van der Waals surface area (Å²) < 4.78 is 48.0. The Kier molecular flexibility index (Phi) is 8.40. The van der Waals surface area contributed by atoms with Crippen LogP contribution in [0.1, 0.15) is 39.8 Å². The molecule has 0 unspecified atom stereocenters. The van der Waals surface area contributed by atoms with Crippen molar-refractivity contribution < 1.29 is 17.9 Å². The largest absolute Gasteiger partial charge is 0.385 e. The molecule has 0 bridgehead atoms. The van der Waals surface area contributed by atoms with Crippen LogP contribution in [0.25, 0.3) is 10.8 Å². The first-order chi connectivity index (χ1) is 17.5. The molecule has 4 aromatic rings. The number of nitrogens with zero attached hydrogens (tertiary/aromatic N) is 1. The van der Waals surface area contributed by atoms with Gasteiger partial charge in [-0.3, -0.25) is 0 Å². The molecule has 0 fully saturated rings. The van der Waals surface area contributed by atoms with Crippen molar-refractivity contribution in [2.24, 2.45) is 0 Å². The Balaban J connectivity index is 1.40. The monoisotopic (exact) mass is 487 g/mol. The molecule has 0 saturated heterocycles. The Hall–Kier alpha value is -3.62. The zero-order chi connectivity index (χ0) is 25.5. The third-order valence-corrected chi connectivity index (χ3v) is 6.53. The third-order valence-electron chi connectivity index (χ3n) is 6.53. The highest BCUT2D eigenvalue weighted by atomic mass is 19.1. The van der Waals surface area contributed by atoms with Gasteiger partial charge in [0.05, 0.1) is 0 Å². The lowest BCUT2D eigenvalue weighted by Crippen LogP contribution is -1.99. The van der Waals surface area contributed by atoms with Crippen molar-refractivity contribution in [3.05, 3.63) is 118 Å². The Morgan fingerprint density at radius 1 is 0.694 bits per heavy atom. The molecule has 4 rings (SSSR count). The van der Waals surface area contributed by atoms with Gasteiger partial charge in [0.2, 0.25) is 0 Å². The minimum atomic E-state index is -0.892. The molecule has 2 nitrogen and oxygen atoms in total.